The molecule has 0 aliphatic rings. The van der Waals surface area contributed by atoms with Gasteiger partial charge in [0.05, 0.1) is 5.69 Å². The number of aromatic amines is 1. The first kappa shape index (κ1) is 11.0. The van der Waals surface area contributed by atoms with Gasteiger partial charge < -0.3 is 4.98 Å². The van der Waals surface area contributed by atoms with Crippen molar-refractivity contribution in [1.82, 2.24) is 15.2 Å². The Bertz CT molecular complexity index is 698. The Morgan fingerprint density at radius 1 is 1.17 bits per heavy atom. The summed E-state index contributed by atoms with van der Waals surface area (Å²) in [5, 5.41) is 9.36. The minimum Gasteiger partial charge on any atom is -0.354 e. The number of hydrogen-bond acceptors (Lipinski definition) is 2. The van der Waals surface area contributed by atoms with Crippen LogP contribution in [0.2, 0.25) is 5.15 Å². The van der Waals surface area contributed by atoms with Crippen LogP contribution in [0, 0.1) is 0 Å². The Hall–Kier alpha value is -2.13. The smallest absolute Gasteiger partial charge is 0.152 e. The molecule has 0 bridgehead atoms. The molecule has 0 amide bonds. The molecule has 2 aromatic heterocycles. The second-order valence-electron chi connectivity index (χ2n) is 3.94. The molecular weight excluding hydrogens is 246 g/mol. The van der Waals surface area contributed by atoms with Gasteiger partial charge >= 0.3 is 0 Å². The number of nitrogens with zero attached hydrogens (tertiary/aromatic N) is 2. The van der Waals surface area contributed by atoms with Gasteiger partial charge in [-0.25, -0.2) is 0 Å². The number of rotatable bonds is 2. The summed E-state index contributed by atoms with van der Waals surface area (Å²) >= 11 is 5.90. The molecule has 0 aliphatic heterocycles. The summed E-state index contributed by atoms with van der Waals surface area (Å²) in [6.07, 6.45) is 1.67. The minimum absolute atomic E-state index is 0.370. The number of nitrogens with one attached hydrogen (secondary N) is 1. The molecule has 2 heterocycles. The Morgan fingerprint density at radius 3 is 2.78 bits per heavy atom. The van der Waals surface area contributed by atoms with E-state index in [1.807, 2.05) is 18.2 Å². The Labute approximate surface area is 109 Å². The number of hydrogen-bond donors (Lipinski definition) is 1. The van der Waals surface area contributed by atoms with Crippen LogP contribution in [0.4, 0.5) is 0 Å². The monoisotopic (exact) mass is 255 g/mol. The molecule has 3 aromatic rings. The molecule has 0 aliphatic carbocycles. The summed E-state index contributed by atoms with van der Waals surface area (Å²) < 4.78 is 0. The summed E-state index contributed by atoms with van der Waals surface area (Å²) in [5.41, 5.74) is 3.66. The number of H-pyrrole nitrogens is 1. The van der Waals surface area contributed by atoms with Gasteiger partial charge in [-0.3, -0.25) is 0 Å². The van der Waals surface area contributed by atoms with E-state index in [1.54, 1.807) is 12.1 Å². The lowest BCUT2D eigenvalue weighted by molar-refractivity contribution is 1.02. The number of halogens is 1. The van der Waals surface area contributed by atoms with Crippen molar-refractivity contribution < 1.29 is 0 Å². The van der Waals surface area contributed by atoms with Crippen LogP contribution in [-0.4, -0.2) is 15.2 Å². The fraction of sp³-hybridized carbons (Fsp3) is 0. The Kier molecular flexibility index (Phi) is 2.61. The van der Waals surface area contributed by atoms with E-state index in [0.29, 0.717) is 10.8 Å². The van der Waals surface area contributed by atoms with Gasteiger partial charge in [0.1, 0.15) is 0 Å². The molecule has 4 heteroatoms. The largest absolute Gasteiger partial charge is 0.354 e. The van der Waals surface area contributed by atoms with Crippen molar-refractivity contribution in [2.75, 3.05) is 0 Å². The average Bonchev–Trinajstić information content (AvgIpc) is 2.82. The minimum atomic E-state index is 0.370. The van der Waals surface area contributed by atoms with Crippen molar-refractivity contribution in [3.8, 4) is 11.3 Å². The zero-order valence-corrected chi connectivity index (χ0v) is 10.3. The SMILES string of the molecule is C=Cc1nnc(Cl)cc1-c1cc2ccccc2[nH]1. The van der Waals surface area contributed by atoms with Crippen molar-refractivity contribution in [2.45, 2.75) is 0 Å². The maximum absolute atomic E-state index is 5.90. The van der Waals surface area contributed by atoms with E-state index in [0.717, 1.165) is 22.2 Å². The summed E-state index contributed by atoms with van der Waals surface area (Å²) in [4.78, 5) is 3.34. The molecule has 3 rings (SSSR count). The van der Waals surface area contributed by atoms with Gasteiger partial charge in [0, 0.05) is 22.2 Å². The fourth-order valence-corrected chi connectivity index (χ4v) is 2.11. The number of benzene rings is 1. The first-order chi connectivity index (χ1) is 8.78. The van der Waals surface area contributed by atoms with Crippen LogP contribution in [0.25, 0.3) is 28.2 Å². The van der Waals surface area contributed by atoms with Crippen molar-refractivity contribution in [2.24, 2.45) is 0 Å². The van der Waals surface area contributed by atoms with Crippen LogP contribution in [0.3, 0.4) is 0 Å². The average molecular weight is 256 g/mol. The summed E-state index contributed by atoms with van der Waals surface area (Å²) in [7, 11) is 0. The predicted octanol–water partition coefficient (Wildman–Crippen LogP) is 3.92. The van der Waals surface area contributed by atoms with Gasteiger partial charge in [0.15, 0.2) is 5.15 Å². The van der Waals surface area contributed by atoms with Crippen molar-refractivity contribution in [3.63, 3.8) is 0 Å². The second kappa shape index (κ2) is 4.27. The highest BCUT2D eigenvalue weighted by Gasteiger charge is 2.09. The molecule has 0 radical (unpaired) electrons. The molecule has 0 spiro atoms. The zero-order valence-electron chi connectivity index (χ0n) is 9.52. The lowest BCUT2D eigenvalue weighted by Gasteiger charge is -2.02. The molecule has 0 saturated carbocycles. The Morgan fingerprint density at radius 2 is 2.00 bits per heavy atom. The number of fused-ring (bicyclic) bond motifs is 1. The van der Waals surface area contributed by atoms with Gasteiger partial charge in [-0.15, -0.1) is 10.2 Å². The highest BCUT2D eigenvalue weighted by atomic mass is 35.5. The third kappa shape index (κ3) is 1.79. The summed E-state index contributed by atoms with van der Waals surface area (Å²) in [5.74, 6) is 0. The second-order valence-corrected chi connectivity index (χ2v) is 4.33. The van der Waals surface area contributed by atoms with Gasteiger partial charge in [-0.2, -0.15) is 0 Å². The highest BCUT2D eigenvalue weighted by molar-refractivity contribution is 6.29. The normalized spacial score (nSPS) is 10.7. The van der Waals surface area contributed by atoms with Crippen LogP contribution in [0.1, 0.15) is 5.69 Å². The molecule has 18 heavy (non-hydrogen) atoms. The van der Waals surface area contributed by atoms with E-state index in [-0.39, 0.29) is 0 Å². The third-order valence-corrected chi connectivity index (χ3v) is 2.99. The number of para-hydroxylation sites is 1. The van der Waals surface area contributed by atoms with Crippen molar-refractivity contribution in [1.29, 1.82) is 0 Å². The standard InChI is InChI=1S/C14H10ClN3/c1-2-11-10(8-14(15)18-17-11)13-7-9-5-3-4-6-12(9)16-13/h2-8,16H,1H2. The molecule has 88 valence electrons. The van der Waals surface area contributed by atoms with E-state index in [2.05, 4.69) is 33.9 Å². The third-order valence-electron chi connectivity index (χ3n) is 2.81. The molecule has 1 N–H and O–H groups in total. The first-order valence-electron chi connectivity index (χ1n) is 5.52. The quantitative estimate of drug-likeness (QED) is 0.754. The van der Waals surface area contributed by atoms with E-state index in [9.17, 15) is 0 Å². The highest BCUT2D eigenvalue weighted by Crippen LogP contribution is 2.27. The molecule has 0 unspecified atom stereocenters. The maximum Gasteiger partial charge on any atom is 0.152 e. The maximum atomic E-state index is 5.90. The van der Waals surface area contributed by atoms with Crippen LogP contribution in [0.15, 0.2) is 43.0 Å². The first-order valence-corrected chi connectivity index (χ1v) is 5.89. The van der Waals surface area contributed by atoms with Crippen LogP contribution in [0.5, 0.6) is 0 Å². The fourth-order valence-electron chi connectivity index (χ4n) is 1.96. The Balaban J connectivity index is 2.25. The lowest BCUT2D eigenvalue weighted by Crippen LogP contribution is -1.91. The van der Waals surface area contributed by atoms with Crippen LogP contribution >= 0.6 is 11.6 Å². The van der Waals surface area contributed by atoms with E-state index in [4.69, 9.17) is 11.6 Å². The summed E-state index contributed by atoms with van der Waals surface area (Å²) in [6.45, 7) is 3.74. The van der Waals surface area contributed by atoms with Gasteiger partial charge in [0.25, 0.3) is 0 Å². The van der Waals surface area contributed by atoms with E-state index < -0.39 is 0 Å². The zero-order chi connectivity index (χ0) is 12.5. The lowest BCUT2D eigenvalue weighted by atomic mass is 10.1. The molecule has 0 saturated heterocycles. The molecule has 0 fully saturated rings. The van der Waals surface area contributed by atoms with Crippen molar-refractivity contribution in [3.05, 3.63) is 53.8 Å². The van der Waals surface area contributed by atoms with Crippen molar-refractivity contribution >= 4 is 28.6 Å². The molecule has 1 aromatic carbocycles. The molecular formula is C14H10ClN3. The van der Waals surface area contributed by atoms with Gasteiger partial charge in [0.2, 0.25) is 0 Å². The van der Waals surface area contributed by atoms with E-state index >= 15 is 0 Å². The molecule has 3 nitrogen and oxygen atoms in total. The van der Waals surface area contributed by atoms with Crippen LogP contribution < -0.4 is 0 Å². The van der Waals surface area contributed by atoms with Gasteiger partial charge in [-0.05, 0) is 24.3 Å². The predicted molar refractivity (Wildman–Crippen MR) is 74.4 cm³/mol. The van der Waals surface area contributed by atoms with Gasteiger partial charge in [-0.1, -0.05) is 36.4 Å². The summed E-state index contributed by atoms with van der Waals surface area (Å²) in [6, 6.07) is 11.9. The van der Waals surface area contributed by atoms with Crippen LogP contribution in [-0.2, 0) is 0 Å². The topological polar surface area (TPSA) is 41.6 Å². The number of aromatic nitrogens is 3. The molecule has 0 atom stereocenters. The van der Waals surface area contributed by atoms with E-state index in [1.165, 1.54) is 0 Å².